The van der Waals surface area contributed by atoms with Crippen LogP contribution in [0.3, 0.4) is 0 Å². The molecule has 114 valence electrons. The number of nitrogens with zero attached hydrogens (tertiary/aromatic N) is 2. The molecular formula is C17H26N4. The quantitative estimate of drug-likeness (QED) is 0.646. The lowest BCUT2D eigenvalue weighted by Gasteiger charge is -2.29. The first-order valence-corrected chi connectivity index (χ1v) is 8.20. The van der Waals surface area contributed by atoms with Crippen LogP contribution in [-0.4, -0.2) is 23.4 Å². The average Bonchev–Trinajstić information content (AvgIpc) is 3.27. The highest BCUT2D eigenvalue weighted by molar-refractivity contribution is 6.00. The summed E-state index contributed by atoms with van der Waals surface area (Å²) in [4.78, 5) is 7.35. The van der Waals surface area contributed by atoms with Gasteiger partial charge in [0.15, 0.2) is 0 Å². The van der Waals surface area contributed by atoms with Crippen molar-refractivity contribution in [2.45, 2.75) is 58.4 Å². The highest BCUT2D eigenvalue weighted by Gasteiger charge is 2.32. The van der Waals surface area contributed by atoms with Gasteiger partial charge in [-0.1, -0.05) is 13.8 Å². The van der Waals surface area contributed by atoms with Crippen LogP contribution in [0.25, 0.3) is 0 Å². The van der Waals surface area contributed by atoms with Gasteiger partial charge in [-0.15, -0.1) is 0 Å². The third-order valence-electron chi connectivity index (χ3n) is 4.39. The number of anilines is 1. The minimum atomic E-state index is 0.153. The van der Waals surface area contributed by atoms with Gasteiger partial charge in [-0.25, -0.2) is 4.98 Å². The summed E-state index contributed by atoms with van der Waals surface area (Å²) in [7, 11) is 0. The van der Waals surface area contributed by atoms with E-state index < -0.39 is 0 Å². The fourth-order valence-corrected chi connectivity index (χ4v) is 3.23. The van der Waals surface area contributed by atoms with Crippen LogP contribution < -0.4 is 10.6 Å². The van der Waals surface area contributed by atoms with Gasteiger partial charge in [0.25, 0.3) is 0 Å². The van der Waals surface area contributed by atoms with Crippen molar-refractivity contribution in [2.24, 2.45) is 11.7 Å². The molecule has 0 bridgehead atoms. The zero-order valence-electron chi connectivity index (χ0n) is 13.2. The van der Waals surface area contributed by atoms with E-state index in [1.54, 1.807) is 0 Å². The Balaban J connectivity index is 2.03. The molecule has 2 aliphatic rings. The van der Waals surface area contributed by atoms with E-state index in [-0.39, 0.29) is 5.84 Å². The second-order valence-electron chi connectivity index (χ2n) is 6.86. The van der Waals surface area contributed by atoms with Crippen LogP contribution >= 0.6 is 0 Å². The molecule has 21 heavy (non-hydrogen) atoms. The summed E-state index contributed by atoms with van der Waals surface area (Å²) in [5.74, 6) is 1.70. The second-order valence-corrected chi connectivity index (χ2v) is 6.86. The Hall–Kier alpha value is -1.58. The van der Waals surface area contributed by atoms with Gasteiger partial charge in [0.2, 0.25) is 0 Å². The first-order valence-electron chi connectivity index (χ1n) is 8.20. The molecule has 4 nitrogen and oxygen atoms in total. The van der Waals surface area contributed by atoms with Crippen LogP contribution in [0.4, 0.5) is 5.82 Å². The predicted molar refractivity (Wildman–Crippen MR) is 87.1 cm³/mol. The number of amidine groups is 1. The van der Waals surface area contributed by atoms with Crippen molar-refractivity contribution in [1.29, 1.82) is 5.41 Å². The van der Waals surface area contributed by atoms with Gasteiger partial charge in [0.05, 0.1) is 5.56 Å². The molecule has 1 heterocycles. The molecule has 1 aromatic heterocycles. The van der Waals surface area contributed by atoms with Crippen molar-refractivity contribution < 1.29 is 0 Å². The molecular weight excluding hydrogens is 260 g/mol. The Morgan fingerprint density at radius 1 is 1.38 bits per heavy atom. The number of fused-ring (bicyclic) bond motifs is 1. The van der Waals surface area contributed by atoms with E-state index in [4.69, 9.17) is 16.1 Å². The normalized spacial score (nSPS) is 17.7. The van der Waals surface area contributed by atoms with Crippen LogP contribution in [0.5, 0.6) is 0 Å². The van der Waals surface area contributed by atoms with E-state index in [0.717, 1.165) is 30.8 Å². The zero-order chi connectivity index (χ0) is 15.0. The maximum Gasteiger partial charge on any atom is 0.140 e. The summed E-state index contributed by atoms with van der Waals surface area (Å²) in [5, 5.41) is 7.94. The monoisotopic (exact) mass is 286 g/mol. The van der Waals surface area contributed by atoms with Crippen molar-refractivity contribution >= 4 is 11.7 Å². The lowest BCUT2D eigenvalue weighted by Crippen LogP contribution is -2.33. The van der Waals surface area contributed by atoms with Gasteiger partial charge in [0.1, 0.15) is 11.7 Å². The van der Waals surface area contributed by atoms with E-state index in [0.29, 0.717) is 12.0 Å². The molecule has 0 unspecified atom stereocenters. The maximum atomic E-state index is 7.94. The van der Waals surface area contributed by atoms with E-state index in [9.17, 15) is 0 Å². The van der Waals surface area contributed by atoms with E-state index in [1.165, 1.54) is 36.9 Å². The van der Waals surface area contributed by atoms with Crippen molar-refractivity contribution in [3.05, 3.63) is 22.9 Å². The largest absolute Gasteiger partial charge is 0.384 e. The van der Waals surface area contributed by atoms with Gasteiger partial charge in [-0.05, 0) is 56.1 Å². The van der Waals surface area contributed by atoms with Crippen LogP contribution in [-0.2, 0) is 12.8 Å². The van der Waals surface area contributed by atoms with Gasteiger partial charge >= 0.3 is 0 Å². The minimum absolute atomic E-state index is 0.153. The van der Waals surface area contributed by atoms with Crippen LogP contribution in [0.2, 0.25) is 0 Å². The number of nitrogens with two attached hydrogens (primary N) is 1. The second kappa shape index (κ2) is 5.66. The van der Waals surface area contributed by atoms with Crippen molar-refractivity contribution in [2.75, 3.05) is 11.4 Å². The van der Waals surface area contributed by atoms with Gasteiger partial charge in [-0.2, -0.15) is 0 Å². The summed E-state index contributed by atoms with van der Waals surface area (Å²) in [5.41, 5.74) is 9.22. The summed E-state index contributed by atoms with van der Waals surface area (Å²) >= 11 is 0. The highest BCUT2D eigenvalue weighted by atomic mass is 15.2. The molecule has 2 aliphatic carbocycles. The Morgan fingerprint density at radius 3 is 2.71 bits per heavy atom. The average molecular weight is 286 g/mol. The fraction of sp³-hybridized carbons (Fsp3) is 0.647. The lowest BCUT2D eigenvalue weighted by molar-refractivity contribution is 0.598. The van der Waals surface area contributed by atoms with Gasteiger partial charge < -0.3 is 10.6 Å². The number of aryl methyl sites for hydroxylation is 2. The lowest BCUT2D eigenvalue weighted by atomic mass is 9.94. The Morgan fingerprint density at radius 2 is 2.10 bits per heavy atom. The summed E-state index contributed by atoms with van der Waals surface area (Å²) in [6.45, 7) is 5.47. The standard InChI is InChI=1S/C17H26N4/c1-11(2)10-21(13-7-8-13)17-14(16(18)19)9-12-5-3-4-6-15(12)20-17/h9,11,13H,3-8,10H2,1-2H3,(H3,18,19). The molecule has 3 rings (SSSR count). The molecule has 0 aromatic carbocycles. The number of nitrogen functional groups attached to an aromatic ring is 1. The molecule has 3 N–H and O–H groups in total. The summed E-state index contributed by atoms with van der Waals surface area (Å²) < 4.78 is 0. The molecule has 0 aliphatic heterocycles. The first kappa shape index (κ1) is 14.4. The van der Waals surface area contributed by atoms with E-state index >= 15 is 0 Å². The third kappa shape index (κ3) is 3.04. The van der Waals surface area contributed by atoms with E-state index in [2.05, 4.69) is 24.8 Å². The maximum absolute atomic E-state index is 7.94. The molecule has 1 aromatic rings. The molecule has 0 saturated heterocycles. The van der Waals surface area contributed by atoms with Crippen molar-refractivity contribution in [3.8, 4) is 0 Å². The van der Waals surface area contributed by atoms with Crippen molar-refractivity contribution in [1.82, 2.24) is 4.98 Å². The molecule has 0 atom stereocenters. The SMILES string of the molecule is CC(C)CN(c1nc2c(cc1C(=N)N)CCCC2)C1CC1. The van der Waals surface area contributed by atoms with Crippen LogP contribution in [0.1, 0.15) is 56.4 Å². The molecule has 0 amide bonds. The summed E-state index contributed by atoms with van der Waals surface area (Å²) in [6, 6.07) is 2.73. The topological polar surface area (TPSA) is 66.0 Å². The molecule has 1 saturated carbocycles. The molecule has 4 heteroatoms. The number of pyridine rings is 1. The summed E-state index contributed by atoms with van der Waals surface area (Å²) in [6.07, 6.45) is 7.08. The van der Waals surface area contributed by atoms with Gasteiger partial charge in [0, 0.05) is 18.3 Å². The number of aromatic nitrogens is 1. The predicted octanol–water partition coefficient (Wildman–Crippen LogP) is 2.87. The Kier molecular flexibility index (Phi) is 3.87. The molecule has 0 spiro atoms. The number of hydrogen-bond donors (Lipinski definition) is 2. The van der Waals surface area contributed by atoms with Crippen LogP contribution in [0.15, 0.2) is 6.07 Å². The Labute approximate surface area is 127 Å². The fourth-order valence-electron chi connectivity index (χ4n) is 3.23. The Bertz CT molecular complexity index is 546. The number of nitrogens with one attached hydrogen (secondary N) is 1. The van der Waals surface area contributed by atoms with Crippen molar-refractivity contribution in [3.63, 3.8) is 0 Å². The number of hydrogen-bond acceptors (Lipinski definition) is 3. The minimum Gasteiger partial charge on any atom is -0.384 e. The van der Waals surface area contributed by atoms with Crippen LogP contribution in [0, 0.1) is 11.3 Å². The smallest absolute Gasteiger partial charge is 0.140 e. The zero-order valence-corrected chi connectivity index (χ0v) is 13.2. The third-order valence-corrected chi connectivity index (χ3v) is 4.39. The molecule has 1 fully saturated rings. The van der Waals surface area contributed by atoms with E-state index in [1.807, 2.05) is 0 Å². The highest BCUT2D eigenvalue weighted by Crippen LogP contribution is 2.35. The number of rotatable bonds is 5. The first-order chi connectivity index (χ1) is 10.1. The van der Waals surface area contributed by atoms with Gasteiger partial charge in [-0.3, -0.25) is 5.41 Å². The molecule has 0 radical (unpaired) electrons.